The Bertz CT molecular complexity index is 153. The van der Waals surface area contributed by atoms with Crippen LogP contribution < -0.4 is 91.2 Å². The number of hydrogen-bond acceptors (Lipinski definition) is 4. The van der Waals surface area contributed by atoms with Crippen molar-refractivity contribution in [1.29, 1.82) is 0 Å². The maximum atomic E-state index is 9.65. The average molecular weight is 250 g/mol. The second-order valence-electron chi connectivity index (χ2n) is 2.60. The summed E-state index contributed by atoms with van der Waals surface area (Å²) in [5, 5.41) is 19.1. The van der Waals surface area contributed by atoms with Crippen LogP contribution in [0.2, 0.25) is 0 Å². The van der Waals surface area contributed by atoms with Gasteiger partial charge in [-0.25, -0.2) is 0 Å². The van der Waals surface area contributed by atoms with Crippen LogP contribution in [0.1, 0.15) is 46.0 Å². The quantitative estimate of drug-likeness (QED) is 0.454. The second-order valence-corrected chi connectivity index (χ2v) is 2.60. The fraction of sp³-hybridized carbons (Fsp3) is 0.778. The molecule has 0 aromatic rings. The zero-order valence-corrected chi connectivity index (χ0v) is 15.3. The third-order valence-electron chi connectivity index (χ3n) is 1.19. The Labute approximate surface area is 156 Å². The largest absolute Gasteiger partial charge is 1.00 e. The third kappa shape index (κ3) is 39.0. The van der Waals surface area contributed by atoms with Crippen molar-refractivity contribution in [2.45, 2.75) is 46.0 Å². The van der Waals surface area contributed by atoms with Crippen LogP contribution in [0, 0.1) is 0 Å². The molecular weight excluding hydrogens is 234 g/mol. The van der Waals surface area contributed by atoms with Gasteiger partial charge in [0.1, 0.15) is 0 Å². The van der Waals surface area contributed by atoms with E-state index >= 15 is 0 Å². The first-order valence-corrected chi connectivity index (χ1v) is 4.44. The van der Waals surface area contributed by atoms with Crippen LogP contribution in [-0.2, 0) is 9.59 Å². The molecule has 0 unspecified atom stereocenters. The molecule has 0 atom stereocenters. The van der Waals surface area contributed by atoms with E-state index in [4.69, 9.17) is 0 Å². The number of unbranched alkanes of at least 4 members (excludes halogenated alkanes) is 1. The van der Waals surface area contributed by atoms with Crippen molar-refractivity contribution in [2.24, 2.45) is 0 Å². The van der Waals surface area contributed by atoms with Gasteiger partial charge in [-0.1, -0.05) is 26.7 Å². The van der Waals surface area contributed by atoms with Gasteiger partial charge < -0.3 is 19.8 Å². The van der Waals surface area contributed by atoms with Crippen LogP contribution >= 0.6 is 0 Å². The molecule has 6 heteroatoms. The zero-order valence-electron chi connectivity index (χ0n) is 10.2. The monoisotopic (exact) mass is 250 g/mol. The first kappa shape index (κ1) is 25.4. The second kappa shape index (κ2) is 20.9. The molecule has 0 aliphatic carbocycles. The summed E-state index contributed by atoms with van der Waals surface area (Å²) in [6.45, 7) is 3.75. The van der Waals surface area contributed by atoms with Crippen molar-refractivity contribution in [1.82, 2.24) is 0 Å². The molecule has 0 saturated heterocycles. The van der Waals surface area contributed by atoms with E-state index in [1.165, 1.54) is 0 Å². The Kier molecular flexibility index (Phi) is 35.5. The van der Waals surface area contributed by atoms with Gasteiger partial charge in [-0.05, 0) is 19.3 Å². The van der Waals surface area contributed by atoms with Crippen molar-refractivity contribution < 1.29 is 101 Å². The molecule has 4 nitrogen and oxygen atoms in total. The fourth-order valence-electron chi connectivity index (χ4n) is 0.525. The predicted molar refractivity (Wildman–Crippen MR) is 44.4 cm³/mol. The summed E-state index contributed by atoms with van der Waals surface area (Å²) in [6.07, 6.45) is 2.72. The Morgan fingerprint density at radius 1 is 0.933 bits per heavy atom. The summed E-state index contributed by atoms with van der Waals surface area (Å²) in [5.74, 6) is -1.90. The molecule has 0 bridgehead atoms. The molecule has 0 rings (SSSR count). The Morgan fingerprint density at radius 3 is 1.40 bits per heavy atom. The molecule has 0 aromatic heterocycles. The molecule has 15 heavy (non-hydrogen) atoms. The van der Waals surface area contributed by atoms with Crippen molar-refractivity contribution >= 4 is 11.9 Å². The average Bonchev–Trinajstić information content (AvgIpc) is 2.01. The van der Waals surface area contributed by atoms with E-state index in [1.807, 2.05) is 6.92 Å². The summed E-state index contributed by atoms with van der Waals surface area (Å²) < 4.78 is 0. The van der Waals surface area contributed by atoms with Gasteiger partial charge >= 0.3 is 80.9 Å². The molecule has 0 radical (unpaired) electrons. The maximum Gasteiger partial charge on any atom is 1.00 e. The number of aliphatic carboxylic acids is 2. The van der Waals surface area contributed by atoms with Gasteiger partial charge in [0, 0.05) is 11.9 Å². The van der Waals surface area contributed by atoms with Gasteiger partial charge in [-0.2, -0.15) is 0 Å². The number of carbonyl (C=O) groups excluding carboxylic acids is 2. The fourth-order valence-corrected chi connectivity index (χ4v) is 0.525. The van der Waals surface area contributed by atoms with Crippen molar-refractivity contribution in [3.05, 3.63) is 0 Å². The summed E-state index contributed by atoms with van der Waals surface area (Å²) in [6, 6.07) is 0. The molecule has 0 fully saturated rings. The summed E-state index contributed by atoms with van der Waals surface area (Å²) >= 11 is 0. The van der Waals surface area contributed by atoms with Crippen LogP contribution in [0.5, 0.6) is 0 Å². The van der Waals surface area contributed by atoms with Crippen molar-refractivity contribution in [3.8, 4) is 0 Å². The van der Waals surface area contributed by atoms with Crippen LogP contribution in [0.25, 0.3) is 0 Å². The smallest absolute Gasteiger partial charge is 0.550 e. The summed E-state index contributed by atoms with van der Waals surface area (Å²) in [5.41, 5.74) is 0. The SMILES string of the molecule is CCCC(=O)[O-].CCCCC(=O)[O-].[K+].[Na+]. The molecule has 0 heterocycles. The summed E-state index contributed by atoms with van der Waals surface area (Å²) in [4.78, 5) is 19.1. The predicted octanol–water partition coefficient (Wildman–Crippen LogP) is -6.53. The zero-order chi connectivity index (χ0) is 10.7. The van der Waals surface area contributed by atoms with Gasteiger partial charge in [0.05, 0.1) is 0 Å². The first-order valence-electron chi connectivity index (χ1n) is 4.44. The molecular formula is C9H16KNaO4. The third-order valence-corrected chi connectivity index (χ3v) is 1.19. The minimum atomic E-state index is -0.961. The molecule has 0 aromatic carbocycles. The van der Waals surface area contributed by atoms with Crippen molar-refractivity contribution in [3.63, 3.8) is 0 Å². The van der Waals surface area contributed by atoms with E-state index < -0.39 is 11.9 Å². The number of carboxylic acids is 2. The van der Waals surface area contributed by atoms with Crippen LogP contribution in [-0.4, -0.2) is 11.9 Å². The van der Waals surface area contributed by atoms with Gasteiger partial charge in [-0.3, -0.25) is 0 Å². The maximum absolute atomic E-state index is 9.65. The van der Waals surface area contributed by atoms with Crippen LogP contribution in [0.4, 0.5) is 0 Å². The standard InChI is InChI=1S/C5H10O2.C4H8O2.K.Na/c1-2-3-4-5(6)7;1-2-3-4(5)6;;/h2-4H2,1H3,(H,6,7);2-3H2,1H3,(H,5,6);;/q;;2*+1/p-2. The molecule has 0 N–H and O–H groups in total. The van der Waals surface area contributed by atoms with Crippen LogP contribution in [0.3, 0.4) is 0 Å². The topological polar surface area (TPSA) is 80.3 Å². The van der Waals surface area contributed by atoms with E-state index in [9.17, 15) is 19.8 Å². The Balaban J connectivity index is -0.0000000718. The molecule has 0 aliphatic heterocycles. The number of hydrogen-bond donors (Lipinski definition) is 0. The molecule has 0 spiro atoms. The summed E-state index contributed by atoms with van der Waals surface area (Å²) in [7, 11) is 0. The number of carboxylic acid groups (broad SMARTS) is 2. The van der Waals surface area contributed by atoms with Crippen LogP contribution in [0.15, 0.2) is 0 Å². The number of carbonyl (C=O) groups is 2. The Hall–Kier alpha value is 1.58. The van der Waals surface area contributed by atoms with Gasteiger partial charge in [0.25, 0.3) is 0 Å². The Morgan fingerprint density at radius 2 is 1.33 bits per heavy atom. The van der Waals surface area contributed by atoms with E-state index in [0.29, 0.717) is 6.42 Å². The molecule has 78 valence electrons. The normalized spacial score (nSPS) is 7.33. The minimum absolute atomic E-state index is 0. The van der Waals surface area contributed by atoms with E-state index in [2.05, 4.69) is 0 Å². The first-order chi connectivity index (χ1) is 6.04. The van der Waals surface area contributed by atoms with Crippen molar-refractivity contribution in [2.75, 3.05) is 0 Å². The number of rotatable bonds is 5. The van der Waals surface area contributed by atoms with Gasteiger partial charge in [-0.15, -0.1) is 0 Å². The molecule has 0 aliphatic rings. The molecule has 0 amide bonds. The minimum Gasteiger partial charge on any atom is -0.550 e. The van der Waals surface area contributed by atoms with E-state index in [-0.39, 0.29) is 93.8 Å². The van der Waals surface area contributed by atoms with E-state index in [1.54, 1.807) is 6.92 Å². The van der Waals surface area contributed by atoms with Gasteiger partial charge in [0.2, 0.25) is 0 Å². The van der Waals surface area contributed by atoms with Gasteiger partial charge in [0.15, 0.2) is 0 Å². The van der Waals surface area contributed by atoms with E-state index in [0.717, 1.165) is 12.8 Å². The molecule has 0 saturated carbocycles.